The van der Waals surface area contributed by atoms with Crippen LogP contribution < -0.4 is 10.6 Å². The molecule has 4 N–H and O–H groups in total. The molecule has 0 aliphatic rings. The number of Topliss-reactive ketones (excluding diaryl/α,β-unsaturated/α-hetero) is 1. The van der Waals surface area contributed by atoms with Crippen LogP contribution in [0.1, 0.15) is 21.5 Å². The molecule has 2 heterocycles. The summed E-state index contributed by atoms with van der Waals surface area (Å²) in [4.78, 5) is 53.8. The van der Waals surface area contributed by atoms with E-state index in [1.165, 1.54) is 24.3 Å². The first-order valence-corrected chi connectivity index (χ1v) is 14.3. The van der Waals surface area contributed by atoms with Crippen molar-refractivity contribution in [2.75, 3.05) is 6.54 Å². The topological polar surface area (TPSA) is 167 Å². The SMILES string of the molecule is Cc1ccc(S(=O)(=O)n2cc(C(=O)C(=O)N[C@H](Cc3c[nH]c4ccccc34)C(=O)NCC(=O)O)c3ccccc32)cc1. The number of aromatic amines is 1. The van der Waals surface area contributed by atoms with Crippen LogP contribution in [-0.4, -0.2) is 58.6 Å². The lowest BCUT2D eigenvalue weighted by Gasteiger charge is -2.17. The fourth-order valence-corrected chi connectivity index (χ4v) is 6.08. The summed E-state index contributed by atoms with van der Waals surface area (Å²) in [7, 11) is -4.12. The van der Waals surface area contributed by atoms with Gasteiger partial charge in [0.25, 0.3) is 21.7 Å². The summed E-state index contributed by atoms with van der Waals surface area (Å²) < 4.78 is 27.9. The Morgan fingerprint density at radius 1 is 0.929 bits per heavy atom. The van der Waals surface area contributed by atoms with E-state index in [4.69, 9.17) is 5.11 Å². The van der Waals surface area contributed by atoms with Crippen molar-refractivity contribution in [3.8, 4) is 0 Å². The van der Waals surface area contributed by atoms with Gasteiger partial charge >= 0.3 is 5.97 Å². The van der Waals surface area contributed by atoms with Gasteiger partial charge in [-0.15, -0.1) is 0 Å². The van der Waals surface area contributed by atoms with Crippen molar-refractivity contribution >= 4 is 55.4 Å². The molecule has 5 aromatic rings. The summed E-state index contributed by atoms with van der Waals surface area (Å²) in [5.41, 5.74) is 2.35. The smallest absolute Gasteiger partial charge is 0.322 e. The summed E-state index contributed by atoms with van der Waals surface area (Å²) in [6.45, 7) is 1.14. The van der Waals surface area contributed by atoms with E-state index in [2.05, 4.69) is 15.6 Å². The quantitative estimate of drug-likeness (QED) is 0.144. The zero-order valence-electron chi connectivity index (χ0n) is 22.3. The molecule has 0 radical (unpaired) electrons. The van der Waals surface area contributed by atoms with E-state index in [1.807, 2.05) is 31.2 Å². The number of fused-ring (bicyclic) bond motifs is 2. The summed E-state index contributed by atoms with van der Waals surface area (Å²) >= 11 is 0. The molecular formula is C30H26N4O7S. The van der Waals surface area contributed by atoms with Crippen molar-refractivity contribution in [3.63, 3.8) is 0 Å². The third kappa shape index (κ3) is 5.52. The second kappa shape index (κ2) is 11.3. The molecule has 2 aromatic heterocycles. The number of rotatable bonds is 10. The van der Waals surface area contributed by atoms with Crippen molar-refractivity contribution in [1.29, 1.82) is 0 Å². The number of carboxylic acids is 1. The van der Waals surface area contributed by atoms with Crippen LogP contribution in [0.15, 0.2) is 90.1 Å². The third-order valence-corrected chi connectivity index (χ3v) is 8.53. The first-order chi connectivity index (χ1) is 20.1. The van der Waals surface area contributed by atoms with E-state index in [1.54, 1.807) is 30.5 Å². The Labute approximate surface area is 240 Å². The van der Waals surface area contributed by atoms with Crippen molar-refractivity contribution in [2.45, 2.75) is 24.3 Å². The molecule has 11 nitrogen and oxygen atoms in total. The molecule has 0 aliphatic heterocycles. The zero-order valence-corrected chi connectivity index (χ0v) is 23.1. The van der Waals surface area contributed by atoms with E-state index in [-0.39, 0.29) is 27.8 Å². The molecule has 0 aliphatic carbocycles. The predicted molar refractivity (Wildman–Crippen MR) is 155 cm³/mol. The first kappa shape index (κ1) is 28.3. The molecule has 0 spiro atoms. The van der Waals surface area contributed by atoms with Crippen molar-refractivity contribution < 1.29 is 32.7 Å². The highest BCUT2D eigenvalue weighted by molar-refractivity contribution is 7.90. The highest BCUT2D eigenvalue weighted by Crippen LogP contribution is 2.27. The van der Waals surface area contributed by atoms with E-state index in [0.29, 0.717) is 5.56 Å². The number of ketones is 1. The van der Waals surface area contributed by atoms with Gasteiger partial charge in [0, 0.05) is 35.1 Å². The molecule has 0 saturated heterocycles. The van der Waals surface area contributed by atoms with Crippen LogP contribution in [0.25, 0.3) is 21.8 Å². The lowest BCUT2D eigenvalue weighted by atomic mass is 10.0. The number of nitrogens with zero attached hydrogens (tertiary/aromatic N) is 1. The highest BCUT2D eigenvalue weighted by atomic mass is 32.2. The van der Waals surface area contributed by atoms with Gasteiger partial charge in [0.1, 0.15) is 12.6 Å². The molecule has 1 atom stereocenters. The number of carbonyl (C=O) groups excluding carboxylic acids is 3. The Kier molecular flexibility index (Phi) is 7.64. The van der Waals surface area contributed by atoms with Crippen molar-refractivity contribution in [3.05, 3.63) is 102 Å². The fraction of sp³-hybridized carbons (Fsp3) is 0.133. The first-order valence-electron chi connectivity index (χ1n) is 12.9. The van der Waals surface area contributed by atoms with E-state index in [0.717, 1.165) is 26.6 Å². The lowest BCUT2D eigenvalue weighted by Crippen LogP contribution is -2.50. The van der Waals surface area contributed by atoms with E-state index < -0.39 is 46.2 Å². The number of aliphatic carboxylic acids is 1. The van der Waals surface area contributed by atoms with Gasteiger partial charge in [0.2, 0.25) is 5.91 Å². The highest BCUT2D eigenvalue weighted by Gasteiger charge is 2.30. The number of benzene rings is 3. The van der Waals surface area contributed by atoms with Gasteiger partial charge in [0.15, 0.2) is 0 Å². The molecular weight excluding hydrogens is 560 g/mol. The molecule has 0 bridgehead atoms. The molecule has 0 fully saturated rings. The maximum Gasteiger partial charge on any atom is 0.322 e. The number of carbonyl (C=O) groups is 4. The van der Waals surface area contributed by atoms with Gasteiger partial charge < -0.3 is 20.7 Å². The van der Waals surface area contributed by atoms with Crippen LogP contribution in [0.5, 0.6) is 0 Å². The maximum atomic E-state index is 13.5. The normalized spacial score (nSPS) is 12.2. The Hall–Kier alpha value is -5.23. The second-order valence-corrected chi connectivity index (χ2v) is 11.5. The van der Waals surface area contributed by atoms with Gasteiger partial charge in [-0.3, -0.25) is 19.2 Å². The minimum atomic E-state index is -4.12. The molecule has 0 unspecified atom stereocenters. The number of nitrogens with one attached hydrogen (secondary N) is 3. The number of hydrogen-bond donors (Lipinski definition) is 4. The molecule has 3 aromatic carbocycles. The average Bonchev–Trinajstić information content (AvgIpc) is 3.57. The summed E-state index contributed by atoms with van der Waals surface area (Å²) in [5.74, 6) is -4.28. The fourth-order valence-electron chi connectivity index (χ4n) is 4.72. The number of aromatic nitrogens is 2. The molecule has 2 amide bonds. The maximum absolute atomic E-state index is 13.5. The predicted octanol–water partition coefficient (Wildman–Crippen LogP) is 2.78. The molecule has 5 rings (SSSR count). The monoisotopic (exact) mass is 586 g/mol. The van der Waals surface area contributed by atoms with Gasteiger partial charge in [-0.05, 0) is 36.8 Å². The van der Waals surface area contributed by atoms with Gasteiger partial charge in [-0.25, -0.2) is 12.4 Å². The van der Waals surface area contributed by atoms with E-state index in [9.17, 15) is 27.6 Å². The van der Waals surface area contributed by atoms with Gasteiger partial charge in [-0.1, -0.05) is 54.1 Å². The Morgan fingerprint density at radius 2 is 1.60 bits per heavy atom. The van der Waals surface area contributed by atoms with Crippen LogP contribution in [0.4, 0.5) is 0 Å². The summed E-state index contributed by atoms with van der Waals surface area (Å²) in [6.07, 6.45) is 2.72. The minimum absolute atomic E-state index is 0.00574. The number of aryl methyl sites for hydroxylation is 1. The lowest BCUT2D eigenvalue weighted by molar-refractivity contribution is -0.138. The third-order valence-electron chi connectivity index (χ3n) is 6.84. The number of carboxylic acid groups (broad SMARTS) is 1. The Morgan fingerprint density at radius 3 is 2.31 bits per heavy atom. The molecule has 12 heteroatoms. The van der Waals surface area contributed by atoms with Crippen molar-refractivity contribution in [1.82, 2.24) is 19.6 Å². The number of para-hydroxylation sites is 2. The van der Waals surface area contributed by atoms with Crippen molar-refractivity contribution in [2.24, 2.45) is 0 Å². The number of hydrogen-bond acceptors (Lipinski definition) is 6. The Balaban J connectivity index is 1.47. The van der Waals surface area contributed by atoms with Crippen LogP contribution in [0, 0.1) is 6.92 Å². The Bertz CT molecular complexity index is 1960. The average molecular weight is 587 g/mol. The van der Waals surface area contributed by atoms with Crippen LogP contribution in [0.2, 0.25) is 0 Å². The zero-order chi connectivity index (χ0) is 30.0. The molecule has 0 saturated carbocycles. The van der Waals surface area contributed by atoms with Gasteiger partial charge in [-0.2, -0.15) is 0 Å². The van der Waals surface area contributed by atoms with E-state index >= 15 is 0 Å². The molecule has 42 heavy (non-hydrogen) atoms. The molecule has 214 valence electrons. The number of amides is 2. The summed E-state index contributed by atoms with van der Waals surface area (Å²) in [5, 5.41) is 14.7. The van der Waals surface area contributed by atoms with Gasteiger partial charge in [0.05, 0.1) is 16.0 Å². The van der Waals surface area contributed by atoms with Crippen LogP contribution >= 0.6 is 0 Å². The minimum Gasteiger partial charge on any atom is -0.480 e. The summed E-state index contributed by atoms with van der Waals surface area (Å²) in [6, 6.07) is 18.5. The van der Waals surface area contributed by atoms with Crippen LogP contribution in [-0.2, 0) is 30.8 Å². The standard InChI is InChI=1S/C30H26N4O7S/c1-18-10-12-20(13-11-18)42(40,41)34-17-23(22-7-3-5-9-26(22)34)28(37)30(39)33-25(29(38)32-16-27(35)36)14-19-15-31-24-8-4-2-6-21(19)24/h2-13,15,17,25,31H,14,16H2,1H3,(H,32,38)(H,33,39)(H,35,36)/t25-/m1/s1. The van der Waals surface area contributed by atoms with Crippen LogP contribution in [0.3, 0.4) is 0 Å². The second-order valence-electron chi connectivity index (χ2n) is 9.70. The largest absolute Gasteiger partial charge is 0.480 e. The number of H-pyrrole nitrogens is 1.